The Morgan fingerprint density at radius 2 is 1.81 bits per heavy atom. The molecule has 1 N–H and O–H groups in total. The molecule has 0 aliphatic carbocycles. The summed E-state index contributed by atoms with van der Waals surface area (Å²) in [5.74, 6) is 1.21. The Labute approximate surface area is 131 Å². The van der Waals surface area contributed by atoms with Gasteiger partial charge in [0.05, 0.1) is 12.2 Å². The Morgan fingerprint density at radius 3 is 2.24 bits per heavy atom. The summed E-state index contributed by atoms with van der Waals surface area (Å²) in [6.45, 7) is 15.0. The molecular formula is C17H35N3O. The van der Waals surface area contributed by atoms with Crippen LogP contribution in [0.25, 0.3) is 0 Å². The second-order valence-electron chi connectivity index (χ2n) is 8.40. The standard InChI is InChI=1S/C17H35N3O/c1-12(2)9-14-18-15(13(3)4)16(21)20(14)11-17(5,6)10-19(7)8/h12-15,18H,9-11H2,1-8H3. The predicted molar refractivity (Wildman–Crippen MR) is 89.1 cm³/mol. The monoisotopic (exact) mass is 297 g/mol. The van der Waals surface area contributed by atoms with Crippen LogP contribution in [-0.2, 0) is 4.79 Å². The number of nitrogens with one attached hydrogen (secondary N) is 1. The van der Waals surface area contributed by atoms with Gasteiger partial charge in [-0.2, -0.15) is 0 Å². The van der Waals surface area contributed by atoms with Crippen LogP contribution in [0.4, 0.5) is 0 Å². The Bertz CT molecular complexity index is 350. The van der Waals surface area contributed by atoms with Crippen molar-refractivity contribution in [2.45, 2.75) is 60.2 Å². The fourth-order valence-corrected chi connectivity index (χ4v) is 3.38. The zero-order chi connectivity index (χ0) is 16.4. The number of hydrogen-bond donors (Lipinski definition) is 1. The summed E-state index contributed by atoms with van der Waals surface area (Å²) in [6.07, 6.45) is 1.21. The lowest BCUT2D eigenvalue weighted by Crippen LogP contribution is -2.46. The van der Waals surface area contributed by atoms with Crippen LogP contribution in [0.3, 0.4) is 0 Å². The van der Waals surface area contributed by atoms with Crippen LogP contribution in [0.2, 0.25) is 0 Å². The van der Waals surface area contributed by atoms with Crippen LogP contribution < -0.4 is 5.32 Å². The number of hydrogen-bond acceptors (Lipinski definition) is 3. The van der Waals surface area contributed by atoms with Gasteiger partial charge in [0.2, 0.25) is 5.91 Å². The van der Waals surface area contributed by atoms with Crippen LogP contribution in [-0.4, -0.2) is 55.1 Å². The van der Waals surface area contributed by atoms with E-state index in [1.54, 1.807) is 0 Å². The summed E-state index contributed by atoms with van der Waals surface area (Å²) in [6, 6.07) is -0.0242. The fourth-order valence-electron chi connectivity index (χ4n) is 3.38. The van der Waals surface area contributed by atoms with Crippen molar-refractivity contribution in [2.75, 3.05) is 27.2 Å². The van der Waals surface area contributed by atoms with Gasteiger partial charge in [-0.25, -0.2) is 0 Å². The Morgan fingerprint density at radius 1 is 1.24 bits per heavy atom. The van der Waals surface area contributed by atoms with Gasteiger partial charge in [-0.3, -0.25) is 10.1 Å². The summed E-state index contributed by atoms with van der Waals surface area (Å²) in [5.41, 5.74) is 0.0991. The zero-order valence-corrected chi connectivity index (χ0v) is 15.2. The first-order valence-electron chi connectivity index (χ1n) is 8.25. The molecule has 0 bridgehead atoms. The molecule has 2 unspecified atom stereocenters. The molecule has 1 rings (SSSR count). The normalized spacial score (nSPS) is 24.0. The van der Waals surface area contributed by atoms with Crippen LogP contribution >= 0.6 is 0 Å². The molecule has 1 fully saturated rings. The number of rotatable bonds is 7. The van der Waals surface area contributed by atoms with Crippen molar-refractivity contribution in [3.8, 4) is 0 Å². The molecule has 1 amide bonds. The maximum absolute atomic E-state index is 12.8. The molecule has 4 nitrogen and oxygen atoms in total. The van der Waals surface area contributed by atoms with Crippen molar-refractivity contribution in [1.29, 1.82) is 0 Å². The molecule has 1 heterocycles. The molecule has 0 aromatic carbocycles. The number of carbonyl (C=O) groups excluding carboxylic acids is 1. The zero-order valence-electron chi connectivity index (χ0n) is 15.2. The lowest BCUT2D eigenvalue weighted by Gasteiger charge is -2.35. The first-order valence-corrected chi connectivity index (χ1v) is 8.25. The maximum Gasteiger partial charge on any atom is 0.241 e. The van der Waals surface area contributed by atoms with Crippen LogP contribution in [0.15, 0.2) is 0 Å². The van der Waals surface area contributed by atoms with E-state index in [1.165, 1.54) is 0 Å². The number of carbonyl (C=O) groups is 1. The SMILES string of the molecule is CC(C)CC1NC(C(C)C)C(=O)N1CC(C)(C)CN(C)C. The third kappa shape index (κ3) is 5.26. The molecule has 4 heteroatoms. The third-order valence-corrected chi connectivity index (χ3v) is 4.00. The van der Waals surface area contributed by atoms with Gasteiger partial charge < -0.3 is 9.80 Å². The summed E-state index contributed by atoms with van der Waals surface area (Å²) in [5, 5.41) is 3.56. The highest BCUT2D eigenvalue weighted by Gasteiger charge is 2.42. The molecule has 0 aromatic rings. The maximum atomic E-state index is 12.8. The number of nitrogens with zero attached hydrogens (tertiary/aromatic N) is 2. The minimum atomic E-state index is -0.0242. The van der Waals surface area contributed by atoms with Crippen molar-refractivity contribution in [1.82, 2.24) is 15.1 Å². The van der Waals surface area contributed by atoms with E-state index >= 15 is 0 Å². The first-order chi connectivity index (χ1) is 9.53. The minimum Gasteiger partial charge on any atom is -0.325 e. The van der Waals surface area contributed by atoms with E-state index in [0.717, 1.165) is 19.5 Å². The molecule has 0 spiro atoms. The van der Waals surface area contributed by atoms with Crippen LogP contribution in [0.1, 0.15) is 48.0 Å². The summed E-state index contributed by atoms with van der Waals surface area (Å²) < 4.78 is 0. The van der Waals surface area contributed by atoms with E-state index in [4.69, 9.17) is 0 Å². The van der Waals surface area contributed by atoms with Gasteiger partial charge >= 0.3 is 0 Å². The fraction of sp³-hybridized carbons (Fsp3) is 0.941. The summed E-state index contributed by atoms with van der Waals surface area (Å²) in [7, 11) is 4.18. The van der Waals surface area contributed by atoms with Gasteiger partial charge in [-0.05, 0) is 37.8 Å². The molecule has 1 saturated heterocycles. The van der Waals surface area contributed by atoms with Crippen LogP contribution in [0.5, 0.6) is 0 Å². The van der Waals surface area contributed by atoms with Gasteiger partial charge in [-0.1, -0.05) is 41.5 Å². The van der Waals surface area contributed by atoms with Crippen LogP contribution in [0, 0.1) is 17.3 Å². The molecular weight excluding hydrogens is 262 g/mol. The first kappa shape index (κ1) is 18.4. The summed E-state index contributed by atoms with van der Waals surface area (Å²) in [4.78, 5) is 17.0. The molecule has 0 radical (unpaired) electrons. The Kier molecular flexibility index (Phi) is 6.23. The predicted octanol–water partition coefficient (Wildman–Crippen LogP) is 2.40. The van der Waals surface area contributed by atoms with Gasteiger partial charge in [0, 0.05) is 13.1 Å². The second-order valence-corrected chi connectivity index (χ2v) is 8.40. The smallest absolute Gasteiger partial charge is 0.241 e. The molecule has 124 valence electrons. The topological polar surface area (TPSA) is 35.6 Å². The Balaban J connectivity index is 2.85. The number of amides is 1. The van der Waals surface area contributed by atoms with Crippen molar-refractivity contribution >= 4 is 5.91 Å². The van der Waals surface area contributed by atoms with Gasteiger partial charge in [0.15, 0.2) is 0 Å². The van der Waals surface area contributed by atoms with Gasteiger partial charge in [0.1, 0.15) is 0 Å². The van der Waals surface area contributed by atoms with E-state index in [-0.39, 0.29) is 23.5 Å². The quantitative estimate of drug-likeness (QED) is 0.784. The van der Waals surface area contributed by atoms with E-state index in [1.807, 2.05) is 0 Å². The van der Waals surface area contributed by atoms with Crippen molar-refractivity contribution < 1.29 is 4.79 Å². The highest BCUT2D eigenvalue weighted by Crippen LogP contribution is 2.26. The Hall–Kier alpha value is -0.610. The largest absolute Gasteiger partial charge is 0.325 e. The average Bonchev–Trinajstić information content (AvgIpc) is 2.54. The third-order valence-electron chi connectivity index (χ3n) is 4.00. The molecule has 21 heavy (non-hydrogen) atoms. The second kappa shape index (κ2) is 7.10. The van der Waals surface area contributed by atoms with E-state index in [9.17, 15) is 4.79 Å². The lowest BCUT2D eigenvalue weighted by molar-refractivity contribution is -0.132. The summed E-state index contributed by atoms with van der Waals surface area (Å²) >= 11 is 0. The molecule has 2 atom stereocenters. The highest BCUT2D eigenvalue weighted by molar-refractivity contribution is 5.84. The van der Waals surface area contributed by atoms with E-state index in [2.05, 4.69) is 70.8 Å². The molecule has 0 aromatic heterocycles. The molecule has 0 saturated carbocycles. The van der Waals surface area contributed by atoms with E-state index in [0.29, 0.717) is 11.8 Å². The lowest BCUT2D eigenvalue weighted by atomic mass is 9.91. The van der Waals surface area contributed by atoms with Crippen molar-refractivity contribution in [3.63, 3.8) is 0 Å². The van der Waals surface area contributed by atoms with E-state index < -0.39 is 0 Å². The molecule has 1 aliphatic rings. The minimum absolute atomic E-state index is 0.0242. The average molecular weight is 297 g/mol. The van der Waals surface area contributed by atoms with Crippen molar-refractivity contribution in [3.05, 3.63) is 0 Å². The van der Waals surface area contributed by atoms with Gasteiger partial charge in [-0.15, -0.1) is 0 Å². The van der Waals surface area contributed by atoms with Gasteiger partial charge in [0.25, 0.3) is 0 Å². The highest BCUT2D eigenvalue weighted by atomic mass is 16.2. The van der Waals surface area contributed by atoms with Crippen molar-refractivity contribution in [2.24, 2.45) is 17.3 Å². The molecule has 1 aliphatic heterocycles.